The van der Waals surface area contributed by atoms with Crippen LogP contribution in [0.25, 0.3) is 12.2 Å². The summed E-state index contributed by atoms with van der Waals surface area (Å²) in [5, 5.41) is 20.2. The number of nitrogens with two attached hydrogens (primary N) is 2. The largest absolute Gasteiger partial charge is 0.502 e. The monoisotopic (exact) mass is 472 g/mol. The van der Waals surface area contributed by atoms with Crippen molar-refractivity contribution in [3.63, 3.8) is 0 Å². The minimum absolute atomic E-state index is 0.0672. The first-order chi connectivity index (χ1) is 16.1. The summed E-state index contributed by atoms with van der Waals surface area (Å²) in [6, 6.07) is 5.93. The Labute approximate surface area is 197 Å². The molecule has 10 heteroatoms. The van der Waals surface area contributed by atoms with E-state index in [1.54, 1.807) is 6.92 Å². The molecule has 2 rings (SSSR count). The normalized spacial score (nSPS) is 12.6. The molecule has 182 valence electrons. The molecule has 0 aliphatic heterocycles. The molecule has 0 heterocycles. The predicted molar refractivity (Wildman–Crippen MR) is 126 cm³/mol. The third kappa shape index (κ3) is 5.52. The minimum Gasteiger partial charge on any atom is -0.502 e. The Morgan fingerprint density at radius 2 is 0.971 bits per heavy atom. The van der Waals surface area contributed by atoms with Crippen molar-refractivity contribution >= 4 is 24.0 Å². The summed E-state index contributed by atoms with van der Waals surface area (Å²) < 4.78 is 20.6. The highest BCUT2D eigenvalue weighted by Gasteiger charge is 2.24. The van der Waals surface area contributed by atoms with Gasteiger partial charge in [-0.15, -0.1) is 0 Å². The van der Waals surface area contributed by atoms with Crippen molar-refractivity contribution in [3.05, 3.63) is 46.5 Å². The van der Waals surface area contributed by atoms with Gasteiger partial charge in [0.2, 0.25) is 23.3 Å². The molecule has 0 radical (unpaired) electrons. The van der Waals surface area contributed by atoms with Crippen LogP contribution < -0.4 is 30.4 Å². The fourth-order valence-corrected chi connectivity index (χ4v) is 3.34. The van der Waals surface area contributed by atoms with Crippen LogP contribution in [0.3, 0.4) is 0 Å². The summed E-state index contributed by atoms with van der Waals surface area (Å²) in [5.74, 6) is -2.32. The maximum Gasteiger partial charge on any atom is 0.245 e. The van der Waals surface area contributed by atoms with Crippen molar-refractivity contribution in [3.8, 4) is 34.5 Å². The van der Waals surface area contributed by atoms with E-state index in [0.29, 0.717) is 11.1 Å². The molecular formula is C24H28N2O8. The molecule has 0 atom stereocenters. The summed E-state index contributed by atoms with van der Waals surface area (Å²) in [7, 11) is 5.48. The van der Waals surface area contributed by atoms with Crippen LogP contribution in [0.4, 0.5) is 0 Å². The molecule has 0 aromatic heterocycles. The highest BCUT2D eigenvalue weighted by atomic mass is 16.5. The van der Waals surface area contributed by atoms with Crippen molar-refractivity contribution in [2.75, 3.05) is 28.4 Å². The van der Waals surface area contributed by atoms with Crippen LogP contribution in [0.5, 0.6) is 34.5 Å². The molecule has 0 aliphatic rings. The SMILES string of the molecule is COc1cc(/C=C(/C(N)=O)C(C)/C(=C\c2cc(OC)c(O)c(OC)c2)C(N)=O)cc(OC)c1O. The van der Waals surface area contributed by atoms with Gasteiger partial charge in [-0.25, -0.2) is 0 Å². The Kier molecular flexibility index (Phi) is 8.38. The van der Waals surface area contributed by atoms with Crippen LogP contribution in [-0.4, -0.2) is 50.5 Å². The van der Waals surface area contributed by atoms with Crippen LogP contribution >= 0.6 is 0 Å². The van der Waals surface area contributed by atoms with Crippen molar-refractivity contribution in [1.82, 2.24) is 0 Å². The van der Waals surface area contributed by atoms with E-state index < -0.39 is 17.7 Å². The minimum atomic E-state index is -0.827. The highest BCUT2D eigenvalue weighted by molar-refractivity contribution is 6.04. The second kappa shape index (κ2) is 11.0. The number of benzene rings is 2. The number of carbonyl (C=O) groups is 2. The molecule has 34 heavy (non-hydrogen) atoms. The third-order valence-corrected chi connectivity index (χ3v) is 5.15. The van der Waals surface area contributed by atoms with Crippen LogP contribution in [0.1, 0.15) is 18.1 Å². The Morgan fingerprint density at radius 3 is 1.18 bits per heavy atom. The van der Waals surface area contributed by atoms with E-state index in [1.807, 2.05) is 0 Å². The van der Waals surface area contributed by atoms with Crippen LogP contribution in [0.15, 0.2) is 35.4 Å². The molecule has 0 spiro atoms. The van der Waals surface area contributed by atoms with E-state index in [4.69, 9.17) is 30.4 Å². The van der Waals surface area contributed by atoms with Gasteiger partial charge >= 0.3 is 0 Å². The number of aromatic hydroxyl groups is 2. The third-order valence-electron chi connectivity index (χ3n) is 5.15. The van der Waals surface area contributed by atoms with Crippen molar-refractivity contribution in [2.24, 2.45) is 17.4 Å². The van der Waals surface area contributed by atoms with E-state index in [9.17, 15) is 19.8 Å². The predicted octanol–water partition coefficient (Wildman–Crippen LogP) is 2.21. The maximum absolute atomic E-state index is 12.3. The molecule has 0 unspecified atom stereocenters. The summed E-state index contributed by atoms with van der Waals surface area (Å²) in [6.07, 6.45) is 2.90. The van der Waals surface area contributed by atoms with Gasteiger partial charge in [0.05, 0.1) is 28.4 Å². The smallest absolute Gasteiger partial charge is 0.245 e. The summed E-state index contributed by atoms with van der Waals surface area (Å²) in [6.45, 7) is 1.59. The molecule has 0 fully saturated rings. The molecule has 0 bridgehead atoms. The number of phenols is 2. The number of hydrogen-bond donors (Lipinski definition) is 4. The van der Waals surface area contributed by atoms with E-state index in [2.05, 4.69) is 0 Å². The first kappa shape index (κ1) is 25.9. The lowest BCUT2D eigenvalue weighted by molar-refractivity contribution is -0.115. The Bertz CT molecular complexity index is 1010. The second-order valence-corrected chi connectivity index (χ2v) is 7.20. The topological polar surface area (TPSA) is 164 Å². The van der Waals surface area contributed by atoms with Crippen LogP contribution in [-0.2, 0) is 9.59 Å². The Hall–Kier alpha value is -4.34. The molecule has 0 saturated carbocycles. The number of hydrogen-bond acceptors (Lipinski definition) is 8. The first-order valence-corrected chi connectivity index (χ1v) is 10.0. The fourth-order valence-electron chi connectivity index (χ4n) is 3.34. The van der Waals surface area contributed by atoms with Gasteiger partial charge in [0.25, 0.3) is 0 Å². The summed E-state index contributed by atoms with van der Waals surface area (Å²) >= 11 is 0. The van der Waals surface area contributed by atoms with Gasteiger partial charge in [-0.3, -0.25) is 9.59 Å². The highest BCUT2D eigenvalue weighted by Crippen LogP contribution is 2.39. The van der Waals surface area contributed by atoms with Gasteiger partial charge in [0, 0.05) is 17.1 Å². The number of carbonyl (C=O) groups excluding carboxylic acids is 2. The molecule has 0 aliphatic carbocycles. The number of primary amides is 2. The van der Waals surface area contributed by atoms with Crippen molar-refractivity contribution in [1.29, 1.82) is 0 Å². The number of rotatable bonds is 10. The molecule has 2 aromatic rings. The zero-order valence-corrected chi connectivity index (χ0v) is 19.5. The average molecular weight is 472 g/mol. The zero-order chi connectivity index (χ0) is 25.6. The number of phenolic OH excluding ortho intramolecular Hbond substituents is 2. The van der Waals surface area contributed by atoms with E-state index in [-0.39, 0.29) is 45.6 Å². The zero-order valence-electron chi connectivity index (χ0n) is 19.5. The molecular weight excluding hydrogens is 444 g/mol. The van der Waals surface area contributed by atoms with Gasteiger partial charge in [-0.05, 0) is 47.5 Å². The summed E-state index contributed by atoms with van der Waals surface area (Å²) in [5.41, 5.74) is 12.3. The fraction of sp³-hybridized carbons (Fsp3) is 0.250. The van der Waals surface area contributed by atoms with Gasteiger partial charge in [-0.1, -0.05) is 6.92 Å². The van der Waals surface area contributed by atoms with E-state index in [1.165, 1.54) is 64.9 Å². The molecule has 2 amide bonds. The molecule has 2 aromatic carbocycles. The summed E-state index contributed by atoms with van der Waals surface area (Å²) in [4.78, 5) is 24.7. The number of ether oxygens (including phenoxy) is 4. The van der Waals surface area contributed by atoms with Gasteiger partial charge in [0.15, 0.2) is 23.0 Å². The standard InChI is InChI=1S/C24H28N2O8/c1-12(15(23(25)29)6-13-8-17(31-2)21(27)18(9-13)32-3)16(24(26)30)7-14-10-19(33-4)22(28)20(11-14)34-5/h6-12,27-28H,1-5H3,(H2,25,29)(H2,26,30)/b15-6+,16-7+. The molecule has 0 saturated heterocycles. The lowest BCUT2D eigenvalue weighted by atomic mass is 9.88. The van der Waals surface area contributed by atoms with Crippen LogP contribution in [0, 0.1) is 5.92 Å². The average Bonchev–Trinajstić information content (AvgIpc) is 2.81. The lowest BCUT2D eigenvalue weighted by Crippen LogP contribution is -2.26. The number of amides is 2. The van der Waals surface area contributed by atoms with Crippen molar-refractivity contribution < 1.29 is 38.7 Å². The first-order valence-electron chi connectivity index (χ1n) is 10.0. The van der Waals surface area contributed by atoms with Crippen molar-refractivity contribution in [2.45, 2.75) is 6.92 Å². The van der Waals surface area contributed by atoms with E-state index in [0.717, 1.165) is 0 Å². The van der Waals surface area contributed by atoms with Crippen LogP contribution in [0.2, 0.25) is 0 Å². The van der Waals surface area contributed by atoms with E-state index >= 15 is 0 Å². The molecule has 10 nitrogen and oxygen atoms in total. The molecule has 6 N–H and O–H groups in total. The van der Waals surface area contributed by atoms with Gasteiger partial charge < -0.3 is 40.6 Å². The Morgan fingerprint density at radius 1 is 0.706 bits per heavy atom. The number of methoxy groups -OCH3 is 4. The quantitative estimate of drug-likeness (QED) is 0.382. The second-order valence-electron chi connectivity index (χ2n) is 7.20. The van der Waals surface area contributed by atoms with Gasteiger partial charge in [0.1, 0.15) is 0 Å². The van der Waals surface area contributed by atoms with Gasteiger partial charge in [-0.2, -0.15) is 0 Å². The maximum atomic E-state index is 12.3. The Balaban J connectivity index is 2.64. The lowest BCUT2D eigenvalue weighted by Gasteiger charge is -2.17.